The minimum Gasteiger partial charge on any atom is -0.497 e. The van der Waals surface area contributed by atoms with Gasteiger partial charge >= 0.3 is 0 Å². The van der Waals surface area contributed by atoms with E-state index in [0.29, 0.717) is 25.1 Å². The van der Waals surface area contributed by atoms with Gasteiger partial charge in [-0.2, -0.15) is 4.98 Å². The molecule has 0 saturated heterocycles. The van der Waals surface area contributed by atoms with Crippen LogP contribution in [0.2, 0.25) is 0 Å². The Kier molecular flexibility index (Phi) is 6.02. The molecule has 0 spiro atoms. The van der Waals surface area contributed by atoms with Crippen molar-refractivity contribution in [3.8, 4) is 11.5 Å². The van der Waals surface area contributed by atoms with Gasteiger partial charge in [0, 0.05) is 17.8 Å². The number of benzene rings is 1. The zero-order valence-electron chi connectivity index (χ0n) is 14.1. The van der Waals surface area contributed by atoms with Crippen LogP contribution in [0.1, 0.15) is 19.5 Å². The quantitative estimate of drug-likeness (QED) is 0.729. The van der Waals surface area contributed by atoms with Gasteiger partial charge in [0.05, 0.1) is 13.7 Å². The summed E-state index contributed by atoms with van der Waals surface area (Å²) in [6, 6.07) is 9.74. The summed E-state index contributed by atoms with van der Waals surface area (Å²) in [7, 11) is 1.64. The Balaban J connectivity index is 1.82. The van der Waals surface area contributed by atoms with E-state index < -0.39 is 0 Å². The van der Waals surface area contributed by atoms with Crippen LogP contribution in [-0.4, -0.2) is 36.3 Å². The zero-order chi connectivity index (χ0) is 16.7. The fourth-order valence-electron chi connectivity index (χ4n) is 2.00. The predicted octanol–water partition coefficient (Wildman–Crippen LogP) is 3.10. The molecule has 23 heavy (non-hydrogen) atoms. The fourth-order valence-corrected chi connectivity index (χ4v) is 2.00. The van der Waals surface area contributed by atoms with Gasteiger partial charge in [-0.15, -0.1) is 0 Å². The van der Waals surface area contributed by atoms with Crippen LogP contribution in [0.4, 0.5) is 11.8 Å². The minimum absolute atomic E-state index is 0.294. The van der Waals surface area contributed by atoms with E-state index in [0.717, 1.165) is 23.0 Å². The normalized spacial score (nSPS) is 10.5. The van der Waals surface area contributed by atoms with E-state index >= 15 is 0 Å². The standard InChI is InChI=1S/C17H24N4O2/c1-12(2)19-17-20-13(3)11-16(21-17)18-9-10-23-15-7-5-14(22-4)6-8-15/h5-8,11-12H,9-10H2,1-4H3,(H2,18,19,20,21). The summed E-state index contributed by atoms with van der Waals surface area (Å²) in [5.74, 6) is 3.06. The Bertz CT molecular complexity index is 614. The van der Waals surface area contributed by atoms with Gasteiger partial charge < -0.3 is 20.1 Å². The average molecular weight is 316 g/mol. The molecule has 0 aliphatic rings. The van der Waals surface area contributed by atoms with Gasteiger partial charge in [-0.3, -0.25) is 0 Å². The van der Waals surface area contributed by atoms with Crippen molar-refractivity contribution >= 4 is 11.8 Å². The molecule has 0 saturated carbocycles. The summed E-state index contributed by atoms with van der Waals surface area (Å²) < 4.78 is 10.8. The van der Waals surface area contributed by atoms with Crippen molar-refractivity contribution in [3.63, 3.8) is 0 Å². The molecule has 1 heterocycles. The van der Waals surface area contributed by atoms with Gasteiger partial charge in [0.2, 0.25) is 5.95 Å². The van der Waals surface area contributed by atoms with Crippen LogP contribution >= 0.6 is 0 Å². The van der Waals surface area contributed by atoms with Crippen LogP contribution in [-0.2, 0) is 0 Å². The Hall–Kier alpha value is -2.50. The van der Waals surface area contributed by atoms with Crippen LogP contribution in [0.3, 0.4) is 0 Å². The fraction of sp³-hybridized carbons (Fsp3) is 0.412. The molecule has 2 aromatic rings. The van der Waals surface area contributed by atoms with E-state index in [2.05, 4.69) is 34.4 Å². The maximum atomic E-state index is 5.68. The third kappa shape index (κ3) is 5.65. The Morgan fingerprint density at radius 1 is 1.09 bits per heavy atom. The number of hydrogen-bond donors (Lipinski definition) is 2. The highest BCUT2D eigenvalue weighted by Crippen LogP contribution is 2.17. The first-order valence-corrected chi connectivity index (χ1v) is 7.70. The number of nitrogens with zero attached hydrogens (tertiary/aromatic N) is 2. The third-order valence-electron chi connectivity index (χ3n) is 3.01. The monoisotopic (exact) mass is 316 g/mol. The molecular weight excluding hydrogens is 292 g/mol. The summed E-state index contributed by atoms with van der Waals surface area (Å²) in [6.45, 7) is 7.27. The number of aromatic nitrogens is 2. The number of aryl methyl sites for hydroxylation is 1. The number of methoxy groups -OCH3 is 1. The average Bonchev–Trinajstić information content (AvgIpc) is 2.51. The van der Waals surface area contributed by atoms with Crippen molar-refractivity contribution in [2.24, 2.45) is 0 Å². The number of anilines is 2. The molecule has 1 aromatic heterocycles. The maximum Gasteiger partial charge on any atom is 0.225 e. The van der Waals surface area contributed by atoms with Crippen molar-refractivity contribution in [1.29, 1.82) is 0 Å². The first-order valence-electron chi connectivity index (χ1n) is 7.70. The van der Waals surface area contributed by atoms with E-state index in [9.17, 15) is 0 Å². The molecule has 0 radical (unpaired) electrons. The summed E-state index contributed by atoms with van der Waals surface area (Å²) in [5, 5.41) is 6.46. The lowest BCUT2D eigenvalue weighted by Gasteiger charge is -2.12. The Morgan fingerprint density at radius 2 is 1.78 bits per heavy atom. The van der Waals surface area contributed by atoms with E-state index in [4.69, 9.17) is 9.47 Å². The third-order valence-corrected chi connectivity index (χ3v) is 3.01. The topological polar surface area (TPSA) is 68.3 Å². The van der Waals surface area contributed by atoms with Gasteiger partial charge in [-0.05, 0) is 45.0 Å². The molecule has 6 nitrogen and oxygen atoms in total. The maximum absolute atomic E-state index is 5.68. The second kappa shape index (κ2) is 8.22. The molecule has 0 unspecified atom stereocenters. The predicted molar refractivity (Wildman–Crippen MR) is 92.5 cm³/mol. The Labute approximate surface area is 137 Å². The number of hydrogen-bond acceptors (Lipinski definition) is 6. The largest absolute Gasteiger partial charge is 0.497 e. The van der Waals surface area contributed by atoms with E-state index in [-0.39, 0.29) is 0 Å². The number of ether oxygens (including phenoxy) is 2. The van der Waals surface area contributed by atoms with E-state index in [1.165, 1.54) is 0 Å². The first kappa shape index (κ1) is 16.9. The lowest BCUT2D eigenvalue weighted by atomic mass is 10.3. The van der Waals surface area contributed by atoms with Crippen molar-refractivity contribution < 1.29 is 9.47 Å². The second-order valence-corrected chi connectivity index (χ2v) is 5.47. The molecule has 0 amide bonds. The molecule has 1 aromatic carbocycles. The van der Waals surface area contributed by atoms with Gasteiger partial charge in [0.1, 0.15) is 23.9 Å². The van der Waals surface area contributed by atoms with Crippen LogP contribution < -0.4 is 20.1 Å². The molecule has 0 atom stereocenters. The number of nitrogens with one attached hydrogen (secondary N) is 2. The smallest absolute Gasteiger partial charge is 0.225 e. The molecule has 6 heteroatoms. The van der Waals surface area contributed by atoms with Crippen LogP contribution in [0.25, 0.3) is 0 Å². The van der Waals surface area contributed by atoms with Gasteiger partial charge in [0.25, 0.3) is 0 Å². The Morgan fingerprint density at radius 3 is 2.43 bits per heavy atom. The SMILES string of the molecule is COc1ccc(OCCNc2cc(C)nc(NC(C)C)n2)cc1. The molecule has 124 valence electrons. The van der Waals surface area contributed by atoms with E-state index in [1.807, 2.05) is 37.3 Å². The first-order chi connectivity index (χ1) is 11.1. The van der Waals surface area contributed by atoms with Crippen molar-refractivity contribution in [3.05, 3.63) is 36.0 Å². The van der Waals surface area contributed by atoms with Gasteiger partial charge in [-0.1, -0.05) is 0 Å². The molecule has 2 rings (SSSR count). The number of rotatable bonds is 8. The zero-order valence-corrected chi connectivity index (χ0v) is 14.1. The van der Waals surface area contributed by atoms with Crippen molar-refractivity contribution in [2.45, 2.75) is 26.8 Å². The molecular formula is C17H24N4O2. The second-order valence-electron chi connectivity index (χ2n) is 5.47. The minimum atomic E-state index is 0.294. The van der Waals surface area contributed by atoms with Gasteiger partial charge in [-0.25, -0.2) is 4.98 Å². The van der Waals surface area contributed by atoms with Crippen molar-refractivity contribution in [2.75, 3.05) is 30.9 Å². The molecule has 0 aliphatic heterocycles. The highest BCUT2D eigenvalue weighted by atomic mass is 16.5. The lowest BCUT2D eigenvalue weighted by Crippen LogP contribution is -2.16. The highest BCUT2D eigenvalue weighted by Gasteiger charge is 2.03. The molecule has 0 aliphatic carbocycles. The summed E-state index contributed by atoms with van der Waals surface area (Å²) in [6.07, 6.45) is 0. The van der Waals surface area contributed by atoms with Crippen molar-refractivity contribution in [1.82, 2.24) is 9.97 Å². The van der Waals surface area contributed by atoms with Crippen LogP contribution in [0, 0.1) is 6.92 Å². The van der Waals surface area contributed by atoms with E-state index in [1.54, 1.807) is 7.11 Å². The molecule has 0 fully saturated rings. The van der Waals surface area contributed by atoms with Crippen LogP contribution in [0.5, 0.6) is 11.5 Å². The lowest BCUT2D eigenvalue weighted by molar-refractivity contribution is 0.331. The summed E-state index contributed by atoms with van der Waals surface area (Å²) in [5.41, 5.74) is 0.918. The molecule has 2 N–H and O–H groups in total. The molecule has 0 bridgehead atoms. The highest BCUT2D eigenvalue weighted by molar-refractivity contribution is 5.42. The van der Waals surface area contributed by atoms with Gasteiger partial charge in [0.15, 0.2) is 0 Å². The summed E-state index contributed by atoms with van der Waals surface area (Å²) >= 11 is 0. The van der Waals surface area contributed by atoms with Crippen LogP contribution in [0.15, 0.2) is 30.3 Å². The summed E-state index contributed by atoms with van der Waals surface area (Å²) in [4.78, 5) is 8.80.